The number of hydrogen-bond donors (Lipinski definition) is 1. The van der Waals surface area contributed by atoms with Crippen molar-refractivity contribution >= 4 is 41.1 Å². The van der Waals surface area contributed by atoms with Crippen LogP contribution in [-0.2, 0) is 10.8 Å². The molecule has 3 nitrogen and oxygen atoms in total. The summed E-state index contributed by atoms with van der Waals surface area (Å²) in [6.45, 7) is 19.1. The number of aromatic nitrogens is 1. The second kappa shape index (κ2) is 9.12. The highest BCUT2D eigenvalue weighted by Gasteiger charge is 2.65. The van der Waals surface area contributed by atoms with Gasteiger partial charge in [0.2, 0.25) is 0 Å². The summed E-state index contributed by atoms with van der Waals surface area (Å²) < 4.78 is 74.0. The zero-order valence-electron chi connectivity index (χ0n) is 23.4. The third-order valence-electron chi connectivity index (χ3n) is 7.73. The van der Waals surface area contributed by atoms with Crippen molar-refractivity contribution in [2.45, 2.75) is 102 Å². The minimum Gasteiger partial charge on any atom is -0.410 e. The molecule has 1 N–H and O–H groups in total. The van der Waals surface area contributed by atoms with Crippen molar-refractivity contribution in [3.63, 3.8) is 0 Å². The third kappa shape index (κ3) is 6.58. The molecular formula is C27H39F5INO2SSi. The molecule has 1 aromatic heterocycles. The number of hydrogen-bond acceptors (Lipinski definition) is 3. The standard InChI is InChI=1S/C27H39F5INO2SSi/c1-16(2)24-22(25(35)17-10-12-18(13-11-17)37(28,29,30,31)32)23(33)21-19(34-24)14-27(6,7)15-20(21)36-38(8,9)26(3,4)5/h10-13,16,20,25,35H,14-15H2,1-9H3/t20?,25-/m1/s1. The van der Waals surface area contributed by atoms with Gasteiger partial charge in [-0.05, 0) is 82.6 Å². The average Bonchev–Trinajstić information content (AvgIpc) is 2.69. The van der Waals surface area contributed by atoms with E-state index in [2.05, 4.69) is 70.3 Å². The quantitative estimate of drug-likeness (QED) is 0.186. The van der Waals surface area contributed by atoms with Gasteiger partial charge in [0, 0.05) is 20.4 Å². The van der Waals surface area contributed by atoms with Crippen molar-refractivity contribution in [3.05, 3.63) is 55.9 Å². The van der Waals surface area contributed by atoms with Crippen LogP contribution in [0.3, 0.4) is 0 Å². The first kappa shape index (κ1) is 31.8. The minimum absolute atomic E-state index is 0.0293. The topological polar surface area (TPSA) is 42.4 Å². The Morgan fingerprint density at radius 2 is 1.61 bits per heavy atom. The summed E-state index contributed by atoms with van der Waals surface area (Å²) in [6.07, 6.45) is -0.103. The fourth-order valence-corrected chi connectivity index (χ4v) is 7.79. The Morgan fingerprint density at radius 3 is 2.05 bits per heavy atom. The van der Waals surface area contributed by atoms with Crippen LogP contribution in [0.1, 0.15) is 101 Å². The zero-order valence-corrected chi connectivity index (χ0v) is 27.4. The molecule has 0 spiro atoms. The molecule has 2 aromatic rings. The fraction of sp³-hybridized carbons (Fsp3) is 0.593. The highest BCUT2D eigenvalue weighted by Crippen LogP contribution is 3.02. The Balaban J connectivity index is 2.20. The van der Waals surface area contributed by atoms with Gasteiger partial charge in [0.15, 0.2) is 8.32 Å². The zero-order chi connectivity index (χ0) is 29.3. The smallest absolute Gasteiger partial charge is 0.310 e. The summed E-state index contributed by atoms with van der Waals surface area (Å²) >= 11 is 2.19. The van der Waals surface area contributed by atoms with Gasteiger partial charge in [0.25, 0.3) is 0 Å². The lowest BCUT2D eigenvalue weighted by atomic mass is 9.74. The summed E-state index contributed by atoms with van der Waals surface area (Å²) in [5.41, 5.74) is 2.98. The summed E-state index contributed by atoms with van der Waals surface area (Å²) in [6, 6.07) is 2.54. The molecule has 1 aliphatic carbocycles. The number of rotatable bonds is 6. The van der Waals surface area contributed by atoms with E-state index in [1.165, 1.54) is 0 Å². The first-order valence-electron chi connectivity index (χ1n) is 12.7. The Kier molecular flexibility index (Phi) is 7.62. The van der Waals surface area contributed by atoms with Crippen LogP contribution in [0.15, 0.2) is 29.2 Å². The van der Waals surface area contributed by atoms with Gasteiger partial charge in [-0.3, -0.25) is 4.98 Å². The Hall–Kier alpha value is -0.763. The van der Waals surface area contributed by atoms with Crippen molar-refractivity contribution in [1.82, 2.24) is 4.98 Å². The molecule has 0 amide bonds. The first-order valence-corrected chi connectivity index (χ1v) is 18.6. The van der Waals surface area contributed by atoms with Crippen LogP contribution < -0.4 is 0 Å². The number of benzene rings is 1. The molecule has 3 rings (SSSR count). The maximum absolute atomic E-state index is 13.3. The molecule has 0 fully saturated rings. The lowest BCUT2D eigenvalue weighted by molar-refractivity contribution is 0.104. The molecule has 1 aliphatic rings. The van der Waals surface area contributed by atoms with Crippen molar-refractivity contribution in [3.8, 4) is 0 Å². The molecular weight excluding hydrogens is 652 g/mol. The average molecular weight is 692 g/mol. The summed E-state index contributed by atoms with van der Waals surface area (Å²) in [7, 11) is -12.0. The van der Waals surface area contributed by atoms with Gasteiger partial charge in [-0.25, -0.2) is 0 Å². The van der Waals surface area contributed by atoms with E-state index in [-0.39, 0.29) is 28.0 Å². The van der Waals surface area contributed by atoms with E-state index in [0.717, 1.165) is 39.8 Å². The molecule has 38 heavy (non-hydrogen) atoms. The molecule has 1 heterocycles. The largest absolute Gasteiger partial charge is 0.410 e. The molecule has 0 radical (unpaired) electrons. The normalized spacial score (nSPS) is 21.0. The predicted octanol–water partition coefficient (Wildman–Crippen LogP) is 10.6. The van der Waals surface area contributed by atoms with E-state index in [4.69, 9.17) is 9.41 Å². The van der Waals surface area contributed by atoms with Crippen molar-refractivity contribution in [2.24, 2.45) is 5.41 Å². The number of nitrogens with zero attached hydrogens (tertiary/aromatic N) is 1. The lowest BCUT2D eigenvalue weighted by Crippen LogP contribution is -2.44. The molecule has 1 unspecified atom stereocenters. The van der Waals surface area contributed by atoms with E-state index in [1.807, 2.05) is 13.8 Å². The highest BCUT2D eigenvalue weighted by molar-refractivity contribution is 14.1. The monoisotopic (exact) mass is 691 g/mol. The maximum Gasteiger partial charge on any atom is 0.310 e. The highest BCUT2D eigenvalue weighted by atomic mass is 127. The molecule has 0 aliphatic heterocycles. The number of halogens is 6. The van der Waals surface area contributed by atoms with Gasteiger partial charge >= 0.3 is 10.2 Å². The Morgan fingerprint density at radius 1 is 1.08 bits per heavy atom. The molecule has 2 atom stereocenters. The fourth-order valence-electron chi connectivity index (χ4n) is 4.65. The van der Waals surface area contributed by atoms with E-state index < -0.39 is 29.5 Å². The molecule has 216 valence electrons. The van der Waals surface area contributed by atoms with Gasteiger partial charge in [0.1, 0.15) is 11.0 Å². The predicted molar refractivity (Wildman–Crippen MR) is 156 cm³/mol. The van der Waals surface area contributed by atoms with Crippen LogP contribution in [0.5, 0.6) is 0 Å². The van der Waals surface area contributed by atoms with Crippen LogP contribution in [0, 0.1) is 8.99 Å². The molecule has 1 aromatic carbocycles. The van der Waals surface area contributed by atoms with Crippen LogP contribution in [-0.4, -0.2) is 18.4 Å². The van der Waals surface area contributed by atoms with E-state index in [1.54, 1.807) is 0 Å². The van der Waals surface area contributed by atoms with Crippen molar-refractivity contribution in [2.75, 3.05) is 0 Å². The maximum atomic E-state index is 13.3. The van der Waals surface area contributed by atoms with Gasteiger partial charge in [-0.2, -0.15) is 0 Å². The number of pyridine rings is 1. The van der Waals surface area contributed by atoms with Gasteiger partial charge < -0.3 is 9.53 Å². The van der Waals surface area contributed by atoms with Crippen molar-refractivity contribution in [1.29, 1.82) is 0 Å². The molecule has 0 saturated carbocycles. The van der Waals surface area contributed by atoms with Crippen LogP contribution >= 0.6 is 32.8 Å². The van der Waals surface area contributed by atoms with Crippen molar-refractivity contribution < 1.29 is 29.0 Å². The van der Waals surface area contributed by atoms with Gasteiger partial charge in [-0.15, -0.1) is 0 Å². The lowest BCUT2D eigenvalue weighted by Gasteiger charge is -2.44. The number of aliphatic hydroxyl groups is 1. The summed E-state index contributed by atoms with van der Waals surface area (Å²) in [5.74, 6) is -0.0905. The van der Waals surface area contributed by atoms with E-state index in [0.29, 0.717) is 23.4 Å². The second-order valence-corrected chi connectivity index (χ2v) is 21.3. The number of fused-ring (bicyclic) bond motifs is 1. The summed E-state index contributed by atoms with van der Waals surface area (Å²) in [4.78, 5) is 3.04. The Bertz CT molecular complexity index is 1230. The first-order chi connectivity index (χ1) is 16.7. The Labute approximate surface area is 238 Å². The third-order valence-corrected chi connectivity index (χ3v) is 14.5. The van der Waals surface area contributed by atoms with Crippen LogP contribution in [0.25, 0.3) is 0 Å². The van der Waals surface area contributed by atoms with Gasteiger partial charge in [0.05, 0.1) is 11.8 Å². The van der Waals surface area contributed by atoms with Gasteiger partial charge in [-0.1, -0.05) is 80.0 Å². The molecule has 0 saturated heterocycles. The molecule has 11 heteroatoms. The van der Waals surface area contributed by atoms with Crippen LogP contribution in [0.2, 0.25) is 18.1 Å². The minimum atomic E-state index is -9.82. The SMILES string of the molecule is CC(C)c1nc2c(c(I)c1[C@H](O)c1ccc(S(F)(F)(F)(F)F)cc1)C(O[Si](C)(C)C(C)(C)C)CC(C)(C)C2. The number of aliphatic hydroxyl groups excluding tert-OH is 1. The van der Waals surface area contributed by atoms with E-state index >= 15 is 0 Å². The second-order valence-electron chi connectivity index (χ2n) is 13.1. The van der Waals surface area contributed by atoms with E-state index in [9.17, 15) is 24.5 Å². The van der Waals surface area contributed by atoms with Crippen LogP contribution in [0.4, 0.5) is 19.4 Å². The summed E-state index contributed by atoms with van der Waals surface area (Å²) in [5, 5.41) is 11.4. The molecule has 0 bridgehead atoms.